The maximum atomic E-state index is 12.5. The zero-order valence-electron chi connectivity index (χ0n) is 14.3. The van der Waals surface area contributed by atoms with Crippen LogP contribution in [0.2, 0.25) is 5.02 Å². The van der Waals surface area contributed by atoms with Crippen LogP contribution in [0.25, 0.3) is 0 Å². The molecular weight excluding hydrogens is 338 g/mol. The van der Waals surface area contributed by atoms with Crippen LogP contribution in [0.1, 0.15) is 12.5 Å². The minimum atomic E-state index is 0.149. The first-order valence-corrected chi connectivity index (χ1v) is 8.88. The molecule has 25 heavy (non-hydrogen) atoms. The molecule has 1 saturated heterocycles. The third kappa shape index (κ3) is 4.60. The molecule has 0 saturated carbocycles. The molecule has 1 aromatic heterocycles. The lowest BCUT2D eigenvalue weighted by Crippen LogP contribution is -2.49. The van der Waals surface area contributed by atoms with E-state index in [9.17, 15) is 4.79 Å². The van der Waals surface area contributed by atoms with Gasteiger partial charge in [0.2, 0.25) is 5.91 Å². The van der Waals surface area contributed by atoms with Crippen LogP contribution in [0.5, 0.6) is 0 Å². The van der Waals surface area contributed by atoms with Crippen LogP contribution in [-0.4, -0.2) is 53.7 Å². The van der Waals surface area contributed by atoms with Gasteiger partial charge in [-0.15, -0.1) is 10.2 Å². The van der Waals surface area contributed by atoms with E-state index in [0.29, 0.717) is 24.5 Å². The molecule has 1 fully saturated rings. The first-order chi connectivity index (χ1) is 12.2. The zero-order chi connectivity index (χ0) is 17.6. The standard InChI is InChI=1S/C18H22ClN5O/c1-2-20-16-7-8-17(22-21-16)23-9-11-24(12-10-23)18(25)13-14-3-5-15(19)6-4-14/h3-8H,2,9-13H2,1H3,(H,20,21). The fourth-order valence-corrected chi connectivity index (χ4v) is 2.97. The lowest BCUT2D eigenvalue weighted by molar-refractivity contribution is -0.130. The van der Waals surface area contributed by atoms with Gasteiger partial charge in [-0.3, -0.25) is 4.79 Å². The Hall–Kier alpha value is -2.34. The van der Waals surface area contributed by atoms with Gasteiger partial charge in [-0.1, -0.05) is 23.7 Å². The van der Waals surface area contributed by atoms with E-state index in [0.717, 1.165) is 36.8 Å². The average Bonchev–Trinajstić information content (AvgIpc) is 2.65. The molecular formula is C18H22ClN5O. The molecule has 3 rings (SSSR count). The van der Waals surface area contributed by atoms with Crippen molar-refractivity contribution in [3.05, 3.63) is 47.0 Å². The first kappa shape index (κ1) is 17.5. The average molecular weight is 360 g/mol. The Balaban J connectivity index is 1.52. The topological polar surface area (TPSA) is 61.4 Å². The Morgan fingerprint density at radius 2 is 1.80 bits per heavy atom. The second-order valence-corrected chi connectivity index (χ2v) is 6.41. The molecule has 2 heterocycles. The van der Waals surface area contributed by atoms with Crippen molar-refractivity contribution in [2.24, 2.45) is 0 Å². The summed E-state index contributed by atoms with van der Waals surface area (Å²) in [5.74, 6) is 1.78. The normalized spacial score (nSPS) is 14.5. The number of rotatable bonds is 5. The van der Waals surface area contributed by atoms with Gasteiger partial charge >= 0.3 is 0 Å². The molecule has 1 N–H and O–H groups in total. The summed E-state index contributed by atoms with van der Waals surface area (Å²) in [6.07, 6.45) is 0.411. The Bertz CT molecular complexity index is 696. The molecule has 7 heteroatoms. The predicted molar refractivity (Wildman–Crippen MR) is 100 cm³/mol. The summed E-state index contributed by atoms with van der Waals surface area (Å²) in [5, 5.41) is 12.3. The summed E-state index contributed by atoms with van der Waals surface area (Å²) in [5.41, 5.74) is 0.988. The van der Waals surface area contributed by atoms with Crippen LogP contribution in [0, 0.1) is 0 Å². The van der Waals surface area contributed by atoms with Crippen molar-refractivity contribution < 1.29 is 4.79 Å². The molecule has 0 bridgehead atoms. The molecule has 0 aliphatic carbocycles. The second kappa shape index (κ2) is 8.16. The lowest BCUT2D eigenvalue weighted by Gasteiger charge is -2.35. The number of benzene rings is 1. The molecule has 0 radical (unpaired) electrons. The van der Waals surface area contributed by atoms with Crippen LogP contribution in [-0.2, 0) is 11.2 Å². The summed E-state index contributed by atoms with van der Waals surface area (Å²) >= 11 is 5.88. The van der Waals surface area contributed by atoms with E-state index < -0.39 is 0 Å². The summed E-state index contributed by atoms with van der Waals surface area (Å²) < 4.78 is 0. The van der Waals surface area contributed by atoms with E-state index in [1.165, 1.54) is 0 Å². The number of hydrogen-bond donors (Lipinski definition) is 1. The number of aromatic nitrogens is 2. The summed E-state index contributed by atoms with van der Waals surface area (Å²) in [6.45, 7) is 5.77. The smallest absolute Gasteiger partial charge is 0.227 e. The highest BCUT2D eigenvalue weighted by Crippen LogP contribution is 2.16. The van der Waals surface area contributed by atoms with E-state index >= 15 is 0 Å². The highest BCUT2D eigenvalue weighted by Gasteiger charge is 2.22. The number of amides is 1. The van der Waals surface area contributed by atoms with E-state index in [4.69, 9.17) is 11.6 Å². The van der Waals surface area contributed by atoms with E-state index in [1.54, 1.807) is 0 Å². The van der Waals surface area contributed by atoms with E-state index in [2.05, 4.69) is 20.4 Å². The van der Waals surface area contributed by atoms with Gasteiger partial charge in [-0.2, -0.15) is 0 Å². The van der Waals surface area contributed by atoms with Crippen LogP contribution in [0.15, 0.2) is 36.4 Å². The number of nitrogens with zero attached hydrogens (tertiary/aromatic N) is 4. The molecule has 6 nitrogen and oxygen atoms in total. The minimum Gasteiger partial charge on any atom is -0.369 e. The van der Waals surface area contributed by atoms with Crippen molar-refractivity contribution in [1.29, 1.82) is 0 Å². The van der Waals surface area contributed by atoms with Crippen molar-refractivity contribution in [2.75, 3.05) is 42.9 Å². The SMILES string of the molecule is CCNc1ccc(N2CCN(C(=O)Cc3ccc(Cl)cc3)CC2)nn1. The van der Waals surface area contributed by atoms with Gasteiger partial charge in [0, 0.05) is 37.7 Å². The third-order valence-corrected chi connectivity index (χ3v) is 4.49. The molecule has 1 aromatic carbocycles. The van der Waals surface area contributed by atoms with Crippen molar-refractivity contribution in [3.63, 3.8) is 0 Å². The molecule has 0 atom stereocenters. The first-order valence-electron chi connectivity index (χ1n) is 8.50. The number of anilines is 2. The monoisotopic (exact) mass is 359 g/mol. The Labute approximate surface area is 152 Å². The zero-order valence-corrected chi connectivity index (χ0v) is 15.0. The minimum absolute atomic E-state index is 0.149. The number of carbonyl (C=O) groups excluding carboxylic acids is 1. The fraction of sp³-hybridized carbons (Fsp3) is 0.389. The molecule has 0 spiro atoms. The van der Waals surface area contributed by atoms with Crippen LogP contribution in [0.3, 0.4) is 0 Å². The highest BCUT2D eigenvalue weighted by molar-refractivity contribution is 6.30. The van der Waals surface area contributed by atoms with Crippen molar-refractivity contribution in [1.82, 2.24) is 15.1 Å². The summed E-state index contributed by atoms with van der Waals surface area (Å²) in [6, 6.07) is 11.3. The summed E-state index contributed by atoms with van der Waals surface area (Å²) in [4.78, 5) is 16.5. The maximum Gasteiger partial charge on any atom is 0.227 e. The van der Waals surface area contributed by atoms with E-state index in [-0.39, 0.29) is 5.91 Å². The number of carbonyl (C=O) groups is 1. The maximum absolute atomic E-state index is 12.5. The highest BCUT2D eigenvalue weighted by atomic mass is 35.5. The van der Waals surface area contributed by atoms with Gasteiger partial charge in [-0.25, -0.2) is 0 Å². The molecule has 1 amide bonds. The van der Waals surface area contributed by atoms with Gasteiger partial charge in [0.1, 0.15) is 5.82 Å². The van der Waals surface area contributed by atoms with Gasteiger partial charge in [0.15, 0.2) is 5.82 Å². The molecule has 1 aliphatic heterocycles. The number of nitrogens with one attached hydrogen (secondary N) is 1. The van der Waals surface area contributed by atoms with Crippen LogP contribution >= 0.6 is 11.6 Å². The van der Waals surface area contributed by atoms with Crippen molar-refractivity contribution in [3.8, 4) is 0 Å². The van der Waals surface area contributed by atoms with Crippen LogP contribution in [0.4, 0.5) is 11.6 Å². The molecule has 132 valence electrons. The number of halogens is 1. The lowest BCUT2D eigenvalue weighted by atomic mass is 10.1. The summed E-state index contributed by atoms with van der Waals surface area (Å²) in [7, 11) is 0. The second-order valence-electron chi connectivity index (χ2n) is 5.98. The fourth-order valence-electron chi connectivity index (χ4n) is 2.84. The molecule has 2 aromatic rings. The Morgan fingerprint density at radius 1 is 1.08 bits per heavy atom. The van der Waals surface area contributed by atoms with Gasteiger partial charge in [-0.05, 0) is 36.8 Å². The van der Waals surface area contributed by atoms with Crippen molar-refractivity contribution >= 4 is 29.1 Å². The van der Waals surface area contributed by atoms with E-state index in [1.807, 2.05) is 48.2 Å². The molecule has 0 unspecified atom stereocenters. The van der Waals surface area contributed by atoms with Gasteiger partial charge < -0.3 is 15.1 Å². The molecule has 1 aliphatic rings. The van der Waals surface area contributed by atoms with Gasteiger partial charge in [0.25, 0.3) is 0 Å². The van der Waals surface area contributed by atoms with Crippen molar-refractivity contribution in [2.45, 2.75) is 13.3 Å². The van der Waals surface area contributed by atoms with Gasteiger partial charge in [0.05, 0.1) is 6.42 Å². The predicted octanol–water partition coefficient (Wildman–Crippen LogP) is 2.45. The Kier molecular flexibility index (Phi) is 5.71. The Morgan fingerprint density at radius 3 is 2.40 bits per heavy atom. The number of piperazine rings is 1. The van der Waals surface area contributed by atoms with Crippen LogP contribution < -0.4 is 10.2 Å². The third-order valence-electron chi connectivity index (χ3n) is 4.23. The quantitative estimate of drug-likeness (QED) is 0.888. The number of hydrogen-bond acceptors (Lipinski definition) is 5. The largest absolute Gasteiger partial charge is 0.369 e.